The summed E-state index contributed by atoms with van der Waals surface area (Å²) in [6, 6.07) is 10.9. The standard InChI is InChI=1S/C28H34N4O5S/c33-25(29-15-21-5-3-13-36-21)18-38-28-31-24-8-2-1-7-23(24)27(35)32(28)17-19-9-11-20(12-10-19)26(34)30-16-22-6-4-14-37-22/h1-3,5,7-8,13,19-20,22H,4,6,9-12,14-18H2,(H,29,33)(H,30,34). The number of thioether (sulfide) groups is 1. The first-order valence-electron chi connectivity index (χ1n) is 13.4. The summed E-state index contributed by atoms with van der Waals surface area (Å²) in [6.07, 6.45) is 7.11. The number of hydrogen-bond acceptors (Lipinski definition) is 7. The SMILES string of the molecule is O=C(CSc1nc2ccccc2c(=O)n1CC1CCC(C(=O)NCC2CCCO2)CC1)NCc1ccco1. The maximum atomic E-state index is 13.5. The highest BCUT2D eigenvalue weighted by Crippen LogP contribution is 2.31. The van der Waals surface area contributed by atoms with Gasteiger partial charge >= 0.3 is 0 Å². The zero-order valence-electron chi connectivity index (χ0n) is 21.4. The van der Waals surface area contributed by atoms with E-state index in [9.17, 15) is 14.4 Å². The number of nitrogens with one attached hydrogen (secondary N) is 2. The molecule has 0 spiro atoms. The van der Waals surface area contributed by atoms with E-state index in [2.05, 4.69) is 10.6 Å². The van der Waals surface area contributed by atoms with Crippen LogP contribution < -0.4 is 16.2 Å². The van der Waals surface area contributed by atoms with Gasteiger partial charge in [-0.05, 0) is 68.7 Å². The van der Waals surface area contributed by atoms with E-state index in [1.165, 1.54) is 11.8 Å². The fourth-order valence-electron chi connectivity index (χ4n) is 5.23. The molecule has 2 fully saturated rings. The summed E-state index contributed by atoms with van der Waals surface area (Å²) in [7, 11) is 0. The number of ether oxygens (including phenoxy) is 1. The first-order valence-corrected chi connectivity index (χ1v) is 14.4. The quantitative estimate of drug-likeness (QED) is 0.300. The number of rotatable bonds is 10. The Balaban J connectivity index is 1.21. The molecule has 1 aromatic carbocycles. The molecule has 2 aliphatic rings. The Kier molecular flexibility index (Phi) is 8.80. The predicted octanol–water partition coefficient (Wildman–Crippen LogP) is 3.50. The van der Waals surface area contributed by atoms with Gasteiger partial charge in [0.1, 0.15) is 5.76 Å². The van der Waals surface area contributed by atoms with Gasteiger partial charge in [-0.15, -0.1) is 0 Å². The van der Waals surface area contributed by atoms with Crippen LogP contribution in [0.1, 0.15) is 44.3 Å². The van der Waals surface area contributed by atoms with E-state index in [0.717, 1.165) is 45.1 Å². The lowest BCUT2D eigenvalue weighted by atomic mass is 9.81. The van der Waals surface area contributed by atoms with Gasteiger partial charge in [0.05, 0.1) is 35.6 Å². The average Bonchev–Trinajstić information content (AvgIpc) is 3.66. The molecule has 1 saturated heterocycles. The van der Waals surface area contributed by atoms with Gasteiger partial charge < -0.3 is 19.8 Å². The summed E-state index contributed by atoms with van der Waals surface area (Å²) in [5.41, 5.74) is 0.532. The highest BCUT2D eigenvalue weighted by molar-refractivity contribution is 7.99. The fraction of sp³-hybridized carbons (Fsp3) is 0.500. The summed E-state index contributed by atoms with van der Waals surface area (Å²) < 4.78 is 12.6. The number of furan rings is 1. The van der Waals surface area contributed by atoms with Crippen LogP contribution in [-0.2, 0) is 27.4 Å². The molecule has 2 aromatic heterocycles. The van der Waals surface area contributed by atoms with Gasteiger partial charge in [0.2, 0.25) is 11.8 Å². The number of aromatic nitrogens is 2. The van der Waals surface area contributed by atoms with Crippen LogP contribution in [0.5, 0.6) is 0 Å². The predicted molar refractivity (Wildman–Crippen MR) is 145 cm³/mol. The van der Waals surface area contributed by atoms with Gasteiger partial charge in [-0.1, -0.05) is 23.9 Å². The van der Waals surface area contributed by atoms with E-state index in [4.69, 9.17) is 14.1 Å². The third kappa shape index (κ3) is 6.66. The summed E-state index contributed by atoms with van der Waals surface area (Å²) in [4.78, 5) is 43.3. The van der Waals surface area contributed by atoms with Crippen LogP contribution in [0, 0.1) is 11.8 Å². The summed E-state index contributed by atoms with van der Waals surface area (Å²) in [5.74, 6) is 1.05. The summed E-state index contributed by atoms with van der Waals surface area (Å²) >= 11 is 1.27. The lowest BCUT2D eigenvalue weighted by Crippen LogP contribution is -2.38. The van der Waals surface area contributed by atoms with E-state index in [1.54, 1.807) is 29.0 Å². The molecule has 3 heterocycles. The van der Waals surface area contributed by atoms with Crippen LogP contribution in [0.4, 0.5) is 0 Å². The molecule has 1 saturated carbocycles. The van der Waals surface area contributed by atoms with Crippen molar-refractivity contribution in [2.45, 2.75) is 62.9 Å². The molecule has 2 amide bonds. The number of hydrogen-bond donors (Lipinski definition) is 2. The Labute approximate surface area is 225 Å². The maximum Gasteiger partial charge on any atom is 0.262 e. The number of carbonyl (C=O) groups is 2. The largest absolute Gasteiger partial charge is 0.467 e. The van der Waals surface area contributed by atoms with Crippen molar-refractivity contribution in [2.24, 2.45) is 11.8 Å². The minimum atomic E-state index is -0.158. The summed E-state index contributed by atoms with van der Waals surface area (Å²) in [6.45, 7) is 2.21. The van der Waals surface area contributed by atoms with E-state index >= 15 is 0 Å². The van der Waals surface area contributed by atoms with Crippen molar-refractivity contribution >= 4 is 34.5 Å². The van der Waals surface area contributed by atoms with Gasteiger partial charge in [-0.2, -0.15) is 0 Å². The van der Waals surface area contributed by atoms with Crippen molar-refractivity contribution in [3.63, 3.8) is 0 Å². The molecule has 1 unspecified atom stereocenters. The molecule has 3 aromatic rings. The minimum Gasteiger partial charge on any atom is -0.467 e. The lowest BCUT2D eigenvalue weighted by molar-refractivity contribution is -0.126. The Hall–Kier alpha value is -3.11. The average molecular weight is 539 g/mol. The second kappa shape index (κ2) is 12.6. The first kappa shape index (κ1) is 26.5. The summed E-state index contributed by atoms with van der Waals surface area (Å²) in [5, 5.41) is 7.02. The highest BCUT2D eigenvalue weighted by Gasteiger charge is 2.28. The number of para-hydroxylation sites is 1. The number of fused-ring (bicyclic) bond motifs is 1. The van der Waals surface area contributed by atoms with Crippen molar-refractivity contribution in [1.29, 1.82) is 0 Å². The molecule has 0 bridgehead atoms. The molecule has 202 valence electrons. The van der Waals surface area contributed by atoms with Crippen molar-refractivity contribution < 1.29 is 18.7 Å². The Morgan fingerprint density at radius 2 is 1.89 bits per heavy atom. The normalized spacial score (nSPS) is 21.4. The molecule has 10 heteroatoms. The second-order valence-electron chi connectivity index (χ2n) is 10.1. The van der Waals surface area contributed by atoms with Gasteiger partial charge in [-0.25, -0.2) is 4.98 Å². The molecule has 2 N–H and O–H groups in total. The molecule has 1 aliphatic heterocycles. The van der Waals surface area contributed by atoms with Gasteiger partial charge in [0.15, 0.2) is 5.16 Å². The van der Waals surface area contributed by atoms with Crippen LogP contribution in [-0.4, -0.2) is 46.4 Å². The van der Waals surface area contributed by atoms with E-state index < -0.39 is 0 Å². The Morgan fingerprint density at radius 3 is 2.66 bits per heavy atom. The Morgan fingerprint density at radius 1 is 1.05 bits per heavy atom. The molecule has 9 nitrogen and oxygen atoms in total. The van der Waals surface area contributed by atoms with Crippen molar-refractivity contribution in [3.8, 4) is 0 Å². The number of benzene rings is 1. The molecule has 5 rings (SSSR count). The monoisotopic (exact) mass is 538 g/mol. The number of amides is 2. The van der Waals surface area contributed by atoms with Crippen molar-refractivity contribution in [1.82, 2.24) is 20.2 Å². The topological polar surface area (TPSA) is 115 Å². The van der Waals surface area contributed by atoms with E-state index in [-0.39, 0.29) is 41.1 Å². The van der Waals surface area contributed by atoms with Crippen LogP contribution >= 0.6 is 11.8 Å². The van der Waals surface area contributed by atoms with E-state index in [1.807, 2.05) is 18.2 Å². The van der Waals surface area contributed by atoms with Crippen LogP contribution in [0.3, 0.4) is 0 Å². The lowest BCUT2D eigenvalue weighted by Gasteiger charge is -2.29. The highest BCUT2D eigenvalue weighted by atomic mass is 32.2. The second-order valence-corrected chi connectivity index (χ2v) is 11.0. The van der Waals surface area contributed by atoms with Crippen molar-refractivity contribution in [2.75, 3.05) is 18.9 Å². The van der Waals surface area contributed by atoms with Crippen LogP contribution in [0.2, 0.25) is 0 Å². The van der Waals surface area contributed by atoms with Gasteiger partial charge in [-0.3, -0.25) is 19.0 Å². The number of nitrogens with zero attached hydrogens (tertiary/aromatic N) is 2. The van der Waals surface area contributed by atoms with Gasteiger partial charge in [0, 0.05) is 25.6 Å². The maximum absolute atomic E-state index is 13.5. The minimum absolute atomic E-state index is 0.00538. The molecule has 0 radical (unpaired) electrons. The molecular weight excluding hydrogens is 504 g/mol. The smallest absolute Gasteiger partial charge is 0.262 e. The zero-order valence-corrected chi connectivity index (χ0v) is 22.2. The number of carbonyl (C=O) groups excluding carboxylic acids is 2. The third-order valence-corrected chi connectivity index (χ3v) is 8.36. The fourth-order valence-corrected chi connectivity index (χ4v) is 6.07. The van der Waals surface area contributed by atoms with E-state index in [0.29, 0.717) is 41.5 Å². The van der Waals surface area contributed by atoms with Crippen molar-refractivity contribution in [3.05, 3.63) is 58.8 Å². The Bertz CT molecular complexity index is 1290. The van der Waals surface area contributed by atoms with Crippen LogP contribution in [0.25, 0.3) is 10.9 Å². The third-order valence-electron chi connectivity index (χ3n) is 7.39. The zero-order chi connectivity index (χ0) is 26.3. The van der Waals surface area contributed by atoms with Gasteiger partial charge in [0.25, 0.3) is 5.56 Å². The molecule has 1 aliphatic carbocycles. The van der Waals surface area contributed by atoms with Crippen LogP contribution in [0.15, 0.2) is 57.0 Å². The molecular formula is C28H34N4O5S. The molecule has 1 atom stereocenters. The molecule has 38 heavy (non-hydrogen) atoms. The first-order chi connectivity index (χ1) is 18.6.